The smallest absolute Gasteiger partial charge is 0.392 e. The zero-order valence-electron chi connectivity index (χ0n) is 11.0. The molecule has 0 heterocycles. The molecule has 0 bridgehead atoms. The molecule has 21 heavy (non-hydrogen) atoms. The first-order valence-corrected chi connectivity index (χ1v) is 6.31. The van der Waals surface area contributed by atoms with Gasteiger partial charge in [-0.15, -0.1) is 0 Å². The van der Waals surface area contributed by atoms with Crippen molar-refractivity contribution in [3.63, 3.8) is 0 Å². The fraction of sp³-hybridized carbons (Fsp3) is 0.500. The van der Waals surface area contributed by atoms with Crippen LogP contribution < -0.4 is 0 Å². The summed E-state index contributed by atoms with van der Waals surface area (Å²) in [7, 11) is 0. The second-order valence-corrected chi connectivity index (χ2v) is 5.33. The summed E-state index contributed by atoms with van der Waals surface area (Å²) in [5, 5.41) is 9.01. The van der Waals surface area contributed by atoms with Gasteiger partial charge in [0, 0.05) is 6.42 Å². The van der Waals surface area contributed by atoms with E-state index in [-0.39, 0.29) is 12.0 Å². The molecule has 0 saturated heterocycles. The molecule has 1 aromatic rings. The molecule has 2 nitrogen and oxygen atoms in total. The molecule has 0 radical (unpaired) electrons. The van der Waals surface area contributed by atoms with Crippen molar-refractivity contribution in [1.82, 2.24) is 0 Å². The topological polar surface area (TPSA) is 37.3 Å². The minimum atomic E-state index is -4.65. The van der Waals surface area contributed by atoms with Crippen LogP contribution in [0.15, 0.2) is 24.3 Å². The van der Waals surface area contributed by atoms with E-state index in [0.717, 1.165) is 6.92 Å². The van der Waals surface area contributed by atoms with E-state index in [1.807, 2.05) is 0 Å². The molecule has 1 saturated carbocycles. The maximum atomic E-state index is 12.9. The normalized spacial score (nSPS) is 23.4. The lowest BCUT2D eigenvalue weighted by atomic mass is 9.86. The van der Waals surface area contributed by atoms with Crippen LogP contribution in [0.3, 0.4) is 0 Å². The van der Waals surface area contributed by atoms with Gasteiger partial charge in [-0.2, -0.15) is 13.2 Å². The monoisotopic (exact) mass is 308 g/mol. The number of rotatable bonds is 4. The standard InChI is InChI=1S/C14H13F5O2/c1-7(14(17,18)19)11(12(20)21)9-4-2-8(3-5-9)10-6-13(10,15)16/h2-5,7,10-11H,6H2,1H3,(H,20,21). The summed E-state index contributed by atoms with van der Waals surface area (Å²) < 4.78 is 63.9. The molecule has 0 aromatic heterocycles. The highest BCUT2D eigenvalue weighted by Gasteiger charge is 2.57. The van der Waals surface area contributed by atoms with E-state index >= 15 is 0 Å². The molecule has 0 aliphatic heterocycles. The molecular weight excluding hydrogens is 295 g/mol. The predicted molar refractivity (Wildman–Crippen MR) is 64.3 cm³/mol. The first-order chi connectivity index (χ1) is 9.54. The molecule has 2 rings (SSSR count). The zero-order chi connectivity index (χ0) is 16.0. The molecule has 1 aromatic carbocycles. The minimum absolute atomic E-state index is 0.0416. The van der Waals surface area contributed by atoms with Gasteiger partial charge in [-0.05, 0) is 11.1 Å². The van der Waals surface area contributed by atoms with Crippen LogP contribution in [0.1, 0.15) is 36.3 Å². The predicted octanol–water partition coefficient (Wildman–Crippen LogP) is 4.18. The molecule has 3 atom stereocenters. The molecule has 0 amide bonds. The molecule has 1 aliphatic carbocycles. The Morgan fingerprint density at radius 2 is 1.76 bits per heavy atom. The van der Waals surface area contributed by atoms with Gasteiger partial charge in [0.2, 0.25) is 0 Å². The van der Waals surface area contributed by atoms with Crippen LogP contribution in [0.5, 0.6) is 0 Å². The number of carboxylic acid groups (broad SMARTS) is 1. The third-order valence-electron chi connectivity index (χ3n) is 3.81. The van der Waals surface area contributed by atoms with Crippen molar-refractivity contribution < 1.29 is 31.9 Å². The Kier molecular flexibility index (Phi) is 3.71. The lowest BCUT2D eigenvalue weighted by Crippen LogP contribution is -2.31. The van der Waals surface area contributed by atoms with Gasteiger partial charge in [0.25, 0.3) is 5.92 Å². The highest BCUT2D eigenvalue weighted by molar-refractivity contribution is 5.76. The van der Waals surface area contributed by atoms with E-state index in [2.05, 4.69) is 0 Å². The second-order valence-electron chi connectivity index (χ2n) is 5.33. The molecule has 1 aliphatic rings. The SMILES string of the molecule is CC(C(C(=O)O)c1ccc(C2CC2(F)F)cc1)C(F)(F)F. The summed E-state index contributed by atoms with van der Waals surface area (Å²) in [5.74, 6) is -9.10. The summed E-state index contributed by atoms with van der Waals surface area (Å²) in [6, 6.07) is 4.93. The average molecular weight is 308 g/mol. The first kappa shape index (κ1) is 15.7. The number of aliphatic carboxylic acids is 1. The van der Waals surface area contributed by atoms with Gasteiger partial charge in [0.1, 0.15) is 0 Å². The van der Waals surface area contributed by atoms with Gasteiger partial charge in [-0.1, -0.05) is 31.2 Å². The quantitative estimate of drug-likeness (QED) is 0.847. The van der Waals surface area contributed by atoms with Gasteiger partial charge in [0.15, 0.2) is 0 Å². The Balaban J connectivity index is 2.24. The van der Waals surface area contributed by atoms with Crippen LogP contribution in [0.2, 0.25) is 0 Å². The van der Waals surface area contributed by atoms with Crippen molar-refractivity contribution in [2.24, 2.45) is 5.92 Å². The number of hydrogen-bond donors (Lipinski definition) is 1. The van der Waals surface area contributed by atoms with E-state index in [0.29, 0.717) is 5.56 Å². The first-order valence-electron chi connectivity index (χ1n) is 6.31. The van der Waals surface area contributed by atoms with Crippen molar-refractivity contribution in [3.05, 3.63) is 35.4 Å². The van der Waals surface area contributed by atoms with E-state index in [1.54, 1.807) is 0 Å². The van der Waals surface area contributed by atoms with Gasteiger partial charge in [0.05, 0.1) is 17.8 Å². The molecule has 1 N–H and O–H groups in total. The van der Waals surface area contributed by atoms with Crippen LogP contribution in [-0.2, 0) is 4.79 Å². The molecule has 7 heteroatoms. The highest BCUT2D eigenvalue weighted by Crippen LogP contribution is 2.55. The van der Waals surface area contributed by atoms with Gasteiger partial charge in [-0.3, -0.25) is 4.79 Å². The van der Waals surface area contributed by atoms with Crippen molar-refractivity contribution in [2.45, 2.75) is 37.3 Å². The Morgan fingerprint density at radius 3 is 2.10 bits per heavy atom. The molecule has 1 fully saturated rings. The van der Waals surface area contributed by atoms with Crippen LogP contribution in [0.4, 0.5) is 22.0 Å². The van der Waals surface area contributed by atoms with E-state index in [1.165, 1.54) is 24.3 Å². The van der Waals surface area contributed by atoms with Crippen LogP contribution >= 0.6 is 0 Å². The van der Waals surface area contributed by atoms with Crippen molar-refractivity contribution in [1.29, 1.82) is 0 Å². The lowest BCUT2D eigenvalue weighted by Gasteiger charge is -2.23. The largest absolute Gasteiger partial charge is 0.481 e. The maximum absolute atomic E-state index is 12.9. The summed E-state index contributed by atoms with van der Waals surface area (Å²) in [4.78, 5) is 11.1. The van der Waals surface area contributed by atoms with Gasteiger partial charge in [-0.25, -0.2) is 8.78 Å². The fourth-order valence-electron chi connectivity index (χ4n) is 2.34. The number of hydrogen-bond acceptors (Lipinski definition) is 1. The van der Waals surface area contributed by atoms with Gasteiger partial charge < -0.3 is 5.11 Å². The van der Waals surface area contributed by atoms with Crippen LogP contribution in [0.25, 0.3) is 0 Å². The third-order valence-corrected chi connectivity index (χ3v) is 3.81. The average Bonchev–Trinajstić information content (AvgIpc) is 2.98. The second kappa shape index (κ2) is 4.96. The Labute approximate surface area is 117 Å². The minimum Gasteiger partial charge on any atom is -0.481 e. The van der Waals surface area contributed by atoms with Crippen molar-refractivity contribution in [2.75, 3.05) is 0 Å². The highest BCUT2D eigenvalue weighted by atomic mass is 19.4. The number of carboxylic acids is 1. The Bertz CT molecular complexity index is 535. The molecule has 0 spiro atoms. The number of benzene rings is 1. The number of carbonyl (C=O) groups is 1. The number of alkyl halides is 5. The number of halogens is 5. The summed E-state index contributed by atoms with van der Waals surface area (Å²) in [6.07, 6.45) is -4.93. The summed E-state index contributed by atoms with van der Waals surface area (Å²) in [5.41, 5.74) is 0.271. The fourth-order valence-corrected chi connectivity index (χ4v) is 2.34. The summed E-state index contributed by atoms with van der Waals surface area (Å²) in [6.45, 7) is 0.793. The van der Waals surface area contributed by atoms with Gasteiger partial charge >= 0.3 is 12.1 Å². The lowest BCUT2D eigenvalue weighted by molar-refractivity contribution is -0.183. The van der Waals surface area contributed by atoms with E-state index in [4.69, 9.17) is 5.11 Å². The van der Waals surface area contributed by atoms with Crippen molar-refractivity contribution >= 4 is 5.97 Å². The Hall–Kier alpha value is -1.66. The third kappa shape index (κ3) is 3.16. The zero-order valence-corrected chi connectivity index (χ0v) is 11.0. The maximum Gasteiger partial charge on any atom is 0.392 e. The summed E-state index contributed by atoms with van der Waals surface area (Å²) >= 11 is 0. The molecule has 116 valence electrons. The molecular formula is C14H13F5O2. The van der Waals surface area contributed by atoms with Crippen LogP contribution in [0, 0.1) is 5.92 Å². The van der Waals surface area contributed by atoms with Crippen molar-refractivity contribution in [3.8, 4) is 0 Å². The molecule has 3 unspecified atom stereocenters. The van der Waals surface area contributed by atoms with E-state index in [9.17, 15) is 26.7 Å². The van der Waals surface area contributed by atoms with E-state index < -0.39 is 35.8 Å². The Morgan fingerprint density at radius 1 is 1.29 bits per heavy atom. The van der Waals surface area contributed by atoms with Crippen LogP contribution in [-0.4, -0.2) is 23.2 Å².